The molecule has 0 aliphatic rings. The lowest BCUT2D eigenvalue weighted by atomic mass is 10.1. The largest absolute Gasteiger partial charge is 0.397 e. The molecule has 0 radical (unpaired) electrons. The number of halogens is 1. The van der Waals surface area contributed by atoms with E-state index in [2.05, 4.69) is 10.4 Å². The molecule has 100 valence electrons. The number of rotatable bonds is 4. The van der Waals surface area contributed by atoms with Gasteiger partial charge < -0.3 is 11.1 Å². The smallest absolute Gasteiger partial charge is 0.253 e. The number of para-hydroxylation sites is 1. The summed E-state index contributed by atoms with van der Waals surface area (Å²) < 4.78 is 1.73. The summed E-state index contributed by atoms with van der Waals surface area (Å²) in [5, 5.41) is 7.42. The number of nitrogens with one attached hydrogen (secondary N) is 1. The van der Waals surface area contributed by atoms with Crippen molar-refractivity contribution in [2.75, 3.05) is 12.3 Å². The summed E-state index contributed by atoms with van der Waals surface area (Å²) in [4.78, 5) is 11.9. The molecule has 1 aromatic heterocycles. The average molecular weight is 279 g/mol. The SMILES string of the molecule is Cn1ccc(CCNC(=O)c2cccc(Cl)c2N)n1. The van der Waals surface area contributed by atoms with E-state index in [0.717, 1.165) is 5.69 Å². The molecular formula is C13H15ClN4O. The molecule has 0 saturated heterocycles. The zero-order valence-corrected chi connectivity index (χ0v) is 11.3. The van der Waals surface area contributed by atoms with Gasteiger partial charge in [0, 0.05) is 26.2 Å². The molecule has 0 spiro atoms. The van der Waals surface area contributed by atoms with Crippen LogP contribution in [-0.4, -0.2) is 22.2 Å². The molecule has 3 N–H and O–H groups in total. The summed E-state index contributed by atoms with van der Waals surface area (Å²) in [6.45, 7) is 0.502. The summed E-state index contributed by atoms with van der Waals surface area (Å²) in [6.07, 6.45) is 2.54. The molecule has 1 amide bonds. The number of nitrogen functional groups attached to an aromatic ring is 1. The number of carbonyl (C=O) groups is 1. The summed E-state index contributed by atoms with van der Waals surface area (Å²) in [5.41, 5.74) is 7.40. The van der Waals surface area contributed by atoms with Gasteiger partial charge in [-0.25, -0.2) is 0 Å². The second-order valence-corrected chi connectivity index (χ2v) is 4.59. The van der Waals surface area contributed by atoms with E-state index in [1.807, 2.05) is 19.3 Å². The Balaban J connectivity index is 1.93. The number of aromatic nitrogens is 2. The van der Waals surface area contributed by atoms with Crippen molar-refractivity contribution in [1.82, 2.24) is 15.1 Å². The van der Waals surface area contributed by atoms with Crippen LogP contribution < -0.4 is 11.1 Å². The highest BCUT2D eigenvalue weighted by molar-refractivity contribution is 6.33. The van der Waals surface area contributed by atoms with Gasteiger partial charge in [-0.15, -0.1) is 0 Å². The lowest BCUT2D eigenvalue weighted by Crippen LogP contribution is -2.26. The zero-order chi connectivity index (χ0) is 13.8. The average Bonchev–Trinajstić information content (AvgIpc) is 2.78. The fourth-order valence-corrected chi connectivity index (χ4v) is 1.91. The first-order chi connectivity index (χ1) is 9.08. The molecule has 0 aliphatic heterocycles. The highest BCUT2D eigenvalue weighted by Crippen LogP contribution is 2.22. The summed E-state index contributed by atoms with van der Waals surface area (Å²) in [7, 11) is 1.86. The van der Waals surface area contributed by atoms with E-state index in [4.69, 9.17) is 17.3 Å². The molecular weight excluding hydrogens is 264 g/mol. The van der Waals surface area contributed by atoms with Crippen molar-refractivity contribution in [3.05, 3.63) is 46.7 Å². The maximum absolute atomic E-state index is 11.9. The Morgan fingerprint density at radius 3 is 2.95 bits per heavy atom. The van der Waals surface area contributed by atoms with Crippen LogP contribution in [0.4, 0.5) is 5.69 Å². The van der Waals surface area contributed by atoms with Gasteiger partial charge in [-0.3, -0.25) is 9.48 Å². The Morgan fingerprint density at radius 1 is 1.47 bits per heavy atom. The summed E-state index contributed by atoms with van der Waals surface area (Å²) in [6, 6.07) is 6.92. The second-order valence-electron chi connectivity index (χ2n) is 4.19. The van der Waals surface area contributed by atoms with Crippen LogP contribution in [0.2, 0.25) is 5.02 Å². The quantitative estimate of drug-likeness (QED) is 0.835. The number of anilines is 1. The molecule has 0 fully saturated rings. The summed E-state index contributed by atoms with van der Waals surface area (Å²) in [5.74, 6) is -0.226. The Bertz CT molecular complexity index is 594. The minimum absolute atomic E-state index is 0.226. The van der Waals surface area contributed by atoms with Gasteiger partial charge in [0.15, 0.2) is 0 Å². The molecule has 6 heteroatoms. The zero-order valence-electron chi connectivity index (χ0n) is 10.6. The van der Waals surface area contributed by atoms with Gasteiger partial charge in [0.1, 0.15) is 0 Å². The molecule has 1 aromatic carbocycles. The maximum Gasteiger partial charge on any atom is 0.253 e. The van der Waals surface area contributed by atoms with Crippen LogP contribution >= 0.6 is 11.6 Å². The van der Waals surface area contributed by atoms with Crippen LogP contribution in [0.3, 0.4) is 0 Å². The normalized spacial score (nSPS) is 10.4. The van der Waals surface area contributed by atoms with Crippen LogP contribution in [0.5, 0.6) is 0 Å². The third-order valence-corrected chi connectivity index (χ3v) is 3.06. The topological polar surface area (TPSA) is 72.9 Å². The van der Waals surface area contributed by atoms with Crippen molar-refractivity contribution in [3.8, 4) is 0 Å². The molecule has 0 unspecified atom stereocenters. The standard InChI is InChI=1S/C13H15ClN4O/c1-18-8-6-9(17-18)5-7-16-13(19)10-3-2-4-11(14)12(10)15/h2-4,6,8H,5,7,15H2,1H3,(H,16,19). The Hall–Kier alpha value is -2.01. The molecule has 0 aliphatic carbocycles. The Kier molecular flexibility index (Phi) is 4.06. The van der Waals surface area contributed by atoms with Crippen LogP contribution in [-0.2, 0) is 13.5 Å². The first-order valence-electron chi connectivity index (χ1n) is 5.88. The van der Waals surface area contributed by atoms with E-state index in [1.54, 1.807) is 22.9 Å². The third-order valence-electron chi connectivity index (χ3n) is 2.73. The van der Waals surface area contributed by atoms with Gasteiger partial charge in [-0.1, -0.05) is 17.7 Å². The third kappa shape index (κ3) is 3.26. The van der Waals surface area contributed by atoms with Crippen molar-refractivity contribution in [2.24, 2.45) is 7.05 Å². The maximum atomic E-state index is 11.9. The van der Waals surface area contributed by atoms with Crippen LogP contribution in [0.15, 0.2) is 30.5 Å². The number of hydrogen-bond donors (Lipinski definition) is 2. The van der Waals surface area contributed by atoms with Gasteiger partial charge in [0.25, 0.3) is 5.91 Å². The number of nitrogens with zero attached hydrogens (tertiary/aromatic N) is 2. The predicted octanol–water partition coefficient (Wildman–Crippen LogP) is 1.63. The number of benzene rings is 1. The molecule has 19 heavy (non-hydrogen) atoms. The molecule has 0 bridgehead atoms. The van der Waals surface area contributed by atoms with Crippen molar-refractivity contribution < 1.29 is 4.79 Å². The Morgan fingerprint density at radius 2 is 2.26 bits per heavy atom. The van der Waals surface area contributed by atoms with E-state index >= 15 is 0 Å². The predicted molar refractivity (Wildman–Crippen MR) is 75.1 cm³/mol. The fourth-order valence-electron chi connectivity index (χ4n) is 1.73. The first kappa shape index (κ1) is 13.4. The van der Waals surface area contributed by atoms with Crippen LogP contribution in [0, 0.1) is 0 Å². The number of amides is 1. The summed E-state index contributed by atoms with van der Waals surface area (Å²) >= 11 is 5.87. The number of aryl methyl sites for hydroxylation is 1. The van der Waals surface area contributed by atoms with E-state index in [9.17, 15) is 4.79 Å². The molecule has 2 rings (SSSR count). The molecule has 0 atom stereocenters. The minimum Gasteiger partial charge on any atom is -0.397 e. The van der Waals surface area contributed by atoms with E-state index in [1.165, 1.54) is 0 Å². The Labute approximate surface area is 116 Å². The van der Waals surface area contributed by atoms with Gasteiger partial charge in [-0.2, -0.15) is 5.10 Å². The van der Waals surface area contributed by atoms with Crippen molar-refractivity contribution in [1.29, 1.82) is 0 Å². The van der Waals surface area contributed by atoms with Gasteiger partial charge in [0.05, 0.1) is 22.0 Å². The second kappa shape index (κ2) is 5.75. The van der Waals surface area contributed by atoms with Gasteiger partial charge >= 0.3 is 0 Å². The van der Waals surface area contributed by atoms with Crippen LogP contribution in [0.25, 0.3) is 0 Å². The number of nitrogens with two attached hydrogens (primary N) is 1. The van der Waals surface area contributed by atoms with Crippen molar-refractivity contribution in [3.63, 3.8) is 0 Å². The molecule has 1 heterocycles. The number of hydrogen-bond acceptors (Lipinski definition) is 3. The van der Waals surface area contributed by atoms with Gasteiger partial charge in [0.2, 0.25) is 0 Å². The van der Waals surface area contributed by atoms with E-state index < -0.39 is 0 Å². The van der Waals surface area contributed by atoms with Gasteiger partial charge in [-0.05, 0) is 18.2 Å². The fraction of sp³-hybridized carbons (Fsp3) is 0.231. The van der Waals surface area contributed by atoms with Crippen molar-refractivity contribution >= 4 is 23.2 Å². The monoisotopic (exact) mass is 278 g/mol. The van der Waals surface area contributed by atoms with Crippen molar-refractivity contribution in [2.45, 2.75) is 6.42 Å². The number of carbonyl (C=O) groups excluding carboxylic acids is 1. The van der Waals surface area contributed by atoms with Crippen LogP contribution in [0.1, 0.15) is 16.1 Å². The molecule has 2 aromatic rings. The lowest BCUT2D eigenvalue weighted by molar-refractivity contribution is 0.0955. The first-order valence-corrected chi connectivity index (χ1v) is 6.26. The minimum atomic E-state index is -0.226. The molecule has 5 nitrogen and oxygen atoms in total. The lowest BCUT2D eigenvalue weighted by Gasteiger charge is -2.07. The molecule has 0 saturated carbocycles. The van der Waals surface area contributed by atoms with E-state index in [-0.39, 0.29) is 5.91 Å². The highest BCUT2D eigenvalue weighted by Gasteiger charge is 2.11. The highest BCUT2D eigenvalue weighted by atomic mass is 35.5. The van der Waals surface area contributed by atoms with E-state index in [0.29, 0.717) is 29.2 Å².